The first-order valence-corrected chi connectivity index (χ1v) is 5.21. The molecule has 3 nitrogen and oxygen atoms in total. The lowest BCUT2D eigenvalue weighted by atomic mass is 9.68. The van der Waals surface area contributed by atoms with Gasteiger partial charge in [-0.3, -0.25) is 4.79 Å². The van der Waals surface area contributed by atoms with E-state index in [1.54, 1.807) is 0 Å². The van der Waals surface area contributed by atoms with E-state index in [2.05, 4.69) is 5.32 Å². The van der Waals surface area contributed by atoms with E-state index in [4.69, 9.17) is 5.11 Å². The maximum atomic E-state index is 10.4. The fraction of sp³-hybridized carbons (Fsp3) is 0.900. The van der Waals surface area contributed by atoms with E-state index in [-0.39, 0.29) is 6.54 Å². The monoisotopic (exact) mass is 183 g/mol. The first-order chi connectivity index (χ1) is 6.25. The number of rotatable bonds is 3. The molecule has 1 atom stereocenters. The van der Waals surface area contributed by atoms with Crippen molar-refractivity contribution in [3.63, 3.8) is 0 Å². The van der Waals surface area contributed by atoms with Crippen LogP contribution in [0.25, 0.3) is 0 Å². The lowest BCUT2D eigenvalue weighted by Crippen LogP contribution is -2.46. The zero-order chi connectivity index (χ0) is 9.26. The summed E-state index contributed by atoms with van der Waals surface area (Å²) in [6, 6.07) is 0.489. The van der Waals surface area contributed by atoms with Crippen LogP contribution in [0.15, 0.2) is 0 Å². The minimum atomic E-state index is -0.735. The van der Waals surface area contributed by atoms with Gasteiger partial charge < -0.3 is 10.4 Å². The van der Waals surface area contributed by atoms with Gasteiger partial charge in [-0.1, -0.05) is 12.8 Å². The summed E-state index contributed by atoms with van der Waals surface area (Å²) < 4.78 is 0. The molecule has 3 fully saturated rings. The second kappa shape index (κ2) is 3.66. The summed E-state index contributed by atoms with van der Waals surface area (Å²) in [4.78, 5) is 10.4. The maximum absolute atomic E-state index is 10.4. The van der Waals surface area contributed by atoms with Gasteiger partial charge in [-0.2, -0.15) is 0 Å². The van der Waals surface area contributed by atoms with Crippen LogP contribution in [-0.4, -0.2) is 23.7 Å². The van der Waals surface area contributed by atoms with Crippen LogP contribution in [0.1, 0.15) is 32.1 Å². The minimum Gasteiger partial charge on any atom is -0.480 e. The summed E-state index contributed by atoms with van der Waals surface area (Å²) in [6.45, 7) is 0.133. The van der Waals surface area contributed by atoms with Crippen molar-refractivity contribution in [3.05, 3.63) is 0 Å². The molecule has 0 amide bonds. The Bertz CT molecular complexity index is 197. The molecule has 0 radical (unpaired) electrons. The molecule has 0 saturated heterocycles. The third-order valence-electron chi connectivity index (χ3n) is 3.56. The molecule has 0 heterocycles. The number of carboxylic acid groups (broad SMARTS) is 1. The Labute approximate surface area is 78.5 Å². The molecule has 1 unspecified atom stereocenters. The molecular weight excluding hydrogens is 166 g/mol. The first-order valence-electron chi connectivity index (χ1n) is 5.21. The van der Waals surface area contributed by atoms with Crippen molar-refractivity contribution in [3.8, 4) is 0 Å². The predicted molar refractivity (Wildman–Crippen MR) is 49.5 cm³/mol. The number of hydrogen-bond acceptors (Lipinski definition) is 2. The van der Waals surface area contributed by atoms with E-state index in [0.29, 0.717) is 6.04 Å². The largest absolute Gasteiger partial charge is 0.480 e. The highest BCUT2D eigenvalue weighted by atomic mass is 16.4. The van der Waals surface area contributed by atoms with Gasteiger partial charge in [0, 0.05) is 6.04 Å². The average Bonchev–Trinajstić information content (AvgIpc) is 2.17. The molecule has 0 aliphatic heterocycles. The van der Waals surface area contributed by atoms with Crippen molar-refractivity contribution in [2.24, 2.45) is 11.8 Å². The molecule has 2 N–H and O–H groups in total. The second-order valence-corrected chi connectivity index (χ2v) is 4.40. The van der Waals surface area contributed by atoms with E-state index < -0.39 is 5.97 Å². The van der Waals surface area contributed by atoms with Crippen LogP contribution in [0.3, 0.4) is 0 Å². The Morgan fingerprint density at radius 3 is 2.46 bits per heavy atom. The maximum Gasteiger partial charge on any atom is 0.317 e. The standard InChI is InChI=1S/C10H17NO2/c12-10(13)6-11-9-5-7-1-3-8(9)4-2-7/h7-9,11H,1-6H2,(H,12,13). The van der Waals surface area contributed by atoms with Gasteiger partial charge in [0.1, 0.15) is 0 Å². The molecule has 3 aliphatic carbocycles. The van der Waals surface area contributed by atoms with E-state index in [1.807, 2.05) is 0 Å². The van der Waals surface area contributed by atoms with E-state index in [9.17, 15) is 4.79 Å². The summed E-state index contributed by atoms with van der Waals surface area (Å²) in [7, 11) is 0. The smallest absolute Gasteiger partial charge is 0.317 e. The summed E-state index contributed by atoms with van der Waals surface area (Å²) in [6.07, 6.45) is 6.56. The molecule has 0 aromatic rings. The summed E-state index contributed by atoms with van der Waals surface area (Å²) in [5.74, 6) is 0.891. The fourth-order valence-electron chi connectivity index (χ4n) is 2.85. The second-order valence-electron chi connectivity index (χ2n) is 4.40. The first kappa shape index (κ1) is 9.00. The topological polar surface area (TPSA) is 49.3 Å². The highest BCUT2D eigenvalue weighted by molar-refractivity contribution is 5.69. The number of fused-ring (bicyclic) bond motifs is 3. The van der Waals surface area contributed by atoms with Crippen LogP contribution in [0.4, 0.5) is 0 Å². The van der Waals surface area contributed by atoms with Gasteiger partial charge in [0.2, 0.25) is 0 Å². The number of nitrogens with one attached hydrogen (secondary N) is 1. The molecule has 0 aromatic carbocycles. The van der Waals surface area contributed by atoms with Gasteiger partial charge in [0.25, 0.3) is 0 Å². The van der Waals surface area contributed by atoms with Gasteiger partial charge in [-0.15, -0.1) is 0 Å². The van der Waals surface area contributed by atoms with Crippen LogP contribution in [0.5, 0.6) is 0 Å². The number of hydrogen-bond donors (Lipinski definition) is 2. The molecule has 3 aliphatic rings. The third kappa shape index (κ3) is 2.02. The summed E-state index contributed by atoms with van der Waals surface area (Å²) in [5.41, 5.74) is 0. The van der Waals surface area contributed by atoms with Gasteiger partial charge >= 0.3 is 5.97 Å². The van der Waals surface area contributed by atoms with Crippen molar-refractivity contribution >= 4 is 5.97 Å². The molecule has 74 valence electrons. The molecule has 3 heteroatoms. The van der Waals surface area contributed by atoms with Crippen LogP contribution >= 0.6 is 0 Å². The minimum absolute atomic E-state index is 0.133. The van der Waals surface area contributed by atoms with Crippen molar-refractivity contribution in [2.45, 2.75) is 38.1 Å². The lowest BCUT2D eigenvalue weighted by Gasteiger charge is -2.42. The van der Waals surface area contributed by atoms with E-state index in [0.717, 1.165) is 11.8 Å². The Morgan fingerprint density at radius 1 is 1.31 bits per heavy atom. The highest BCUT2D eigenvalue weighted by Crippen LogP contribution is 2.41. The molecule has 13 heavy (non-hydrogen) atoms. The van der Waals surface area contributed by atoms with Crippen LogP contribution in [0, 0.1) is 11.8 Å². The Morgan fingerprint density at radius 2 is 2.00 bits per heavy atom. The Balaban J connectivity index is 1.83. The van der Waals surface area contributed by atoms with Gasteiger partial charge in [0.05, 0.1) is 6.54 Å². The van der Waals surface area contributed by atoms with E-state index in [1.165, 1.54) is 32.1 Å². The Kier molecular flexibility index (Phi) is 2.54. The van der Waals surface area contributed by atoms with Gasteiger partial charge in [0.15, 0.2) is 0 Å². The van der Waals surface area contributed by atoms with E-state index >= 15 is 0 Å². The third-order valence-corrected chi connectivity index (χ3v) is 3.56. The van der Waals surface area contributed by atoms with Crippen LogP contribution < -0.4 is 5.32 Å². The van der Waals surface area contributed by atoms with Crippen LogP contribution in [0.2, 0.25) is 0 Å². The molecule has 2 bridgehead atoms. The molecule has 0 aromatic heterocycles. The molecule has 0 spiro atoms. The molecule has 3 saturated carbocycles. The fourth-order valence-corrected chi connectivity index (χ4v) is 2.85. The lowest BCUT2D eigenvalue weighted by molar-refractivity contribution is -0.136. The van der Waals surface area contributed by atoms with Crippen LogP contribution in [-0.2, 0) is 4.79 Å². The zero-order valence-electron chi connectivity index (χ0n) is 7.83. The Hall–Kier alpha value is -0.570. The predicted octanol–water partition coefficient (Wildman–Crippen LogP) is 1.24. The summed E-state index contributed by atoms with van der Waals surface area (Å²) >= 11 is 0. The summed E-state index contributed by atoms with van der Waals surface area (Å²) in [5, 5.41) is 11.7. The van der Waals surface area contributed by atoms with Crippen molar-refractivity contribution < 1.29 is 9.90 Å². The zero-order valence-corrected chi connectivity index (χ0v) is 7.83. The van der Waals surface area contributed by atoms with Crippen molar-refractivity contribution in [1.29, 1.82) is 0 Å². The number of aliphatic carboxylic acids is 1. The van der Waals surface area contributed by atoms with Gasteiger partial charge in [-0.05, 0) is 31.1 Å². The molecular formula is C10H17NO2. The van der Waals surface area contributed by atoms with Gasteiger partial charge in [-0.25, -0.2) is 0 Å². The number of carbonyl (C=O) groups is 1. The van der Waals surface area contributed by atoms with Crippen molar-refractivity contribution in [1.82, 2.24) is 5.32 Å². The van der Waals surface area contributed by atoms with Crippen molar-refractivity contribution in [2.75, 3.05) is 6.54 Å². The normalized spacial score (nSPS) is 37.7. The highest BCUT2D eigenvalue weighted by Gasteiger charge is 2.35. The molecule has 3 rings (SSSR count). The quantitative estimate of drug-likeness (QED) is 0.692. The average molecular weight is 183 g/mol. The number of carboxylic acids is 1. The SMILES string of the molecule is O=C(O)CNC1CC2CCC1CC2.